The number of benzene rings is 2. The minimum atomic E-state index is 0.00161. The van der Waals surface area contributed by atoms with E-state index in [0.29, 0.717) is 11.3 Å². The van der Waals surface area contributed by atoms with E-state index in [4.69, 9.17) is 5.73 Å². The van der Waals surface area contributed by atoms with E-state index in [1.807, 2.05) is 6.07 Å². The van der Waals surface area contributed by atoms with Crippen molar-refractivity contribution >= 4 is 23.4 Å². The molecule has 0 unspecified atom stereocenters. The van der Waals surface area contributed by atoms with Gasteiger partial charge in [0.25, 0.3) is 5.91 Å². The highest BCUT2D eigenvalue weighted by atomic mass is 32.2. The Bertz CT molecular complexity index is 653. The Labute approximate surface area is 130 Å². The first-order valence-corrected chi connectivity index (χ1v) is 7.75. The summed E-state index contributed by atoms with van der Waals surface area (Å²) in [5.74, 6) is 0.820. The van der Waals surface area contributed by atoms with Gasteiger partial charge in [0.1, 0.15) is 0 Å². The van der Waals surface area contributed by atoms with Crippen LogP contribution >= 0.6 is 11.8 Å². The zero-order valence-corrected chi connectivity index (χ0v) is 13.4. The average Bonchev–Trinajstić information content (AvgIpc) is 2.44. The maximum Gasteiger partial charge on any atom is 0.254 e. The van der Waals surface area contributed by atoms with Crippen LogP contribution in [0.25, 0.3) is 0 Å². The van der Waals surface area contributed by atoms with E-state index in [0.717, 1.165) is 10.6 Å². The molecular formula is C17H20N2OS. The van der Waals surface area contributed by atoms with Crippen LogP contribution in [0.3, 0.4) is 0 Å². The first kappa shape index (κ1) is 15.4. The molecule has 0 atom stereocenters. The molecule has 2 N–H and O–H groups in total. The van der Waals surface area contributed by atoms with Gasteiger partial charge in [-0.3, -0.25) is 4.79 Å². The molecule has 0 fully saturated rings. The Kier molecular flexibility index (Phi) is 4.91. The van der Waals surface area contributed by atoms with Crippen molar-refractivity contribution in [3.8, 4) is 0 Å². The molecule has 0 aliphatic rings. The molecule has 0 aliphatic heterocycles. The highest BCUT2D eigenvalue weighted by molar-refractivity contribution is 7.98. The van der Waals surface area contributed by atoms with Crippen molar-refractivity contribution in [1.82, 2.24) is 4.90 Å². The van der Waals surface area contributed by atoms with Crippen LogP contribution in [0.4, 0.5) is 5.69 Å². The molecule has 0 saturated heterocycles. The van der Waals surface area contributed by atoms with Crippen LogP contribution in [0.2, 0.25) is 0 Å². The van der Waals surface area contributed by atoms with Gasteiger partial charge in [0.15, 0.2) is 0 Å². The van der Waals surface area contributed by atoms with Crippen LogP contribution < -0.4 is 5.73 Å². The number of nitrogens with two attached hydrogens (primary N) is 1. The molecule has 2 rings (SSSR count). The molecule has 0 aliphatic carbocycles. The Morgan fingerprint density at radius 3 is 2.62 bits per heavy atom. The van der Waals surface area contributed by atoms with Gasteiger partial charge >= 0.3 is 0 Å². The first-order chi connectivity index (χ1) is 9.97. The summed E-state index contributed by atoms with van der Waals surface area (Å²) in [5, 5.41) is 0. The van der Waals surface area contributed by atoms with Gasteiger partial charge < -0.3 is 10.6 Å². The van der Waals surface area contributed by atoms with E-state index in [9.17, 15) is 4.79 Å². The fourth-order valence-corrected chi connectivity index (χ4v) is 3.07. The zero-order valence-electron chi connectivity index (χ0n) is 12.6. The molecule has 0 heterocycles. The van der Waals surface area contributed by atoms with Gasteiger partial charge in [0.2, 0.25) is 0 Å². The minimum absolute atomic E-state index is 0.00161. The molecule has 3 nitrogen and oxygen atoms in total. The molecule has 0 radical (unpaired) electrons. The smallest absolute Gasteiger partial charge is 0.254 e. The monoisotopic (exact) mass is 300 g/mol. The van der Waals surface area contributed by atoms with E-state index in [2.05, 4.69) is 31.2 Å². The van der Waals surface area contributed by atoms with Crippen LogP contribution in [0.15, 0.2) is 47.4 Å². The fraction of sp³-hybridized carbons (Fsp3) is 0.235. The number of carbonyl (C=O) groups is 1. The molecular weight excluding hydrogens is 280 g/mol. The summed E-state index contributed by atoms with van der Waals surface area (Å²) in [6.45, 7) is 2.08. The lowest BCUT2D eigenvalue weighted by Crippen LogP contribution is -2.22. The number of anilines is 1. The molecule has 0 saturated carbocycles. The highest BCUT2D eigenvalue weighted by Gasteiger charge is 2.14. The lowest BCUT2D eigenvalue weighted by molar-refractivity contribution is 0.0824. The van der Waals surface area contributed by atoms with Crippen LogP contribution in [-0.2, 0) is 5.75 Å². The van der Waals surface area contributed by atoms with Crippen molar-refractivity contribution in [2.75, 3.05) is 19.8 Å². The van der Waals surface area contributed by atoms with Gasteiger partial charge in [-0.1, -0.05) is 29.8 Å². The number of rotatable bonds is 4. The number of amides is 1. The molecule has 110 valence electrons. The molecule has 1 amide bonds. The predicted molar refractivity (Wildman–Crippen MR) is 89.6 cm³/mol. The van der Waals surface area contributed by atoms with Crippen molar-refractivity contribution in [2.45, 2.75) is 17.6 Å². The zero-order chi connectivity index (χ0) is 15.4. The summed E-state index contributed by atoms with van der Waals surface area (Å²) in [6, 6.07) is 13.8. The van der Waals surface area contributed by atoms with Gasteiger partial charge in [-0.05, 0) is 30.7 Å². The Morgan fingerprint density at radius 1 is 1.19 bits per heavy atom. The fourth-order valence-electron chi connectivity index (χ4n) is 2.04. The summed E-state index contributed by atoms with van der Waals surface area (Å²) >= 11 is 1.64. The van der Waals surface area contributed by atoms with Crippen molar-refractivity contribution in [3.63, 3.8) is 0 Å². The number of hydrogen-bond acceptors (Lipinski definition) is 3. The SMILES string of the molecule is Cc1cccc(CSc2cc(N)ccc2C(=O)N(C)C)c1. The summed E-state index contributed by atoms with van der Waals surface area (Å²) < 4.78 is 0. The van der Waals surface area contributed by atoms with Crippen LogP contribution in [-0.4, -0.2) is 24.9 Å². The molecule has 0 bridgehead atoms. The minimum Gasteiger partial charge on any atom is -0.399 e. The van der Waals surface area contributed by atoms with E-state index in [-0.39, 0.29) is 5.91 Å². The van der Waals surface area contributed by atoms with Gasteiger partial charge in [-0.25, -0.2) is 0 Å². The first-order valence-electron chi connectivity index (χ1n) is 6.77. The molecule has 21 heavy (non-hydrogen) atoms. The number of nitrogens with zero attached hydrogens (tertiary/aromatic N) is 1. The summed E-state index contributed by atoms with van der Waals surface area (Å²) in [5.41, 5.74) is 9.72. The van der Waals surface area contributed by atoms with Crippen molar-refractivity contribution < 1.29 is 4.79 Å². The normalized spacial score (nSPS) is 10.4. The molecule has 2 aromatic carbocycles. The molecule has 0 spiro atoms. The largest absolute Gasteiger partial charge is 0.399 e. The number of carbonyl (C=O) groups excluding carboxylic acids is 1. The number of aryl methyl sites for hydroxylation is 1. The van der Waals surface area contributed by atoms with E-state index < -0.39 is 0 Å². The third-order valence-corrected chi connectivity index (χ3v) is 4.25. The molecule has 2 aromatic rings. The van der Waals surface area contributed by atoms with Gasteiger partial charge in [-0.2, -0.15) is 0 Å². The molecule has 4 heteroatoms. The lowest BCUT2D eigenvalue weighted by atomic mass is 10.2. The maximum absolute atomic E-state index is 12.2. The number of nitrogen functional groups attached to an aromatic ring is 1. The van der Waals surface area contributed by atoms with Crippen molar-refractivity contribution in [3.05, 3.63) is 59.2 Å². The second-order valence-corrected chi connectivity index (χ2v) is 6.25. The van der Waals surface area contributed by atoms with Crippen molar-refractivity contribution in [2.24, 2.45) is 0 Å². The summed E-state index contributed by atoms with van der Waals surface area (Å²) in [4.78, 5) is 14.7. The lowest BCUT2D eigenvalue weighted by Gasteiger charge is -2.14. The second kappa shape index (κ2) is 6.68. The third-order valence-electron chi connectivity index (χ3n) is 3.12. The number of hydrogen-bond donors (Lipinski definition) is 1. The maximum atomic E-state index is 12.2. The quantitative estimate of drug-likeness (QED) is 0.693. The Hall–Kier alpha value is -1.94. The third kappa shape index (κ3) is 4.02. The molecule has 0 aromatic heterocycles. The van der Waals surface area contributed by atoms with Crippen molar-refractivity contribution in [1.29, 1.82) is 0 Å². The predicted octanol–water partition coefficient (Wildman–Crippen LogP) is 3.57. The summed E-state index contributed by atoms with van der Waals surface area (Å²) in [7, 11) is 3.52. The standard InChI is InChI=1S/C17H20N2OS/c1-12-5-4-6-13(9-12)11-21-16-10-14(18)7-8-15(16)17(20)19(2)3/h4-10H,11,18H2,1-3H3. The van der Waals surface area contributed by atoms with Crippen LogP contribution in [0.1, 0.15) is 21.5 Å². The van der Waals surface area contributed by atoms with E-state index in [1.165, 1.54) is 11.1 Å². The number of thioether (sulfide) groups is 1. The van der Waals surface area contributed by atoms with Crippen LogP contribution in [0, 0.1) is 6.92 Å². The van der Waals surface area contributed by atoms with E-state index >= 15 is 0 Å². The average molecular weight is 300 g/mol. The topological polar surface area (TPSA) is 46.3 Å². The van der Waals surface area contributed by atoms with E-state index in [1.54, 1.807) is 42.9 Å². The summed E-state index contributed by atoms with van der Waals surface area (Å²) in [6.07, 6.45) is 0. The Morgan fingerprint density at radius 2 is 1.95 bits per heavy atom. The van der Waals surface area contributed by atoms with Gasteiger partial charge in [0, 0.05) is 30.4 Å². The van der Waals surface area contributed by atoms with Gasteiger partial charge in [-0.15, -0.1) is 11.8 Å². The van der Waals surface area contributed by atoms with Crippen LogP contribution in [0.5, 0.6) is 0 Å². The highest BCUT2D eigenvalue weighted by Crippen LogP contribution is 2.29. The Balaban J connectivity index is 2.22. The van der Waals surface area contributed by atoms with Gasteiger partial charge in [0.05, 0.1) is 5.56 Å². The second-order valence-electron chi connectivity index (χ2n) is 5.23.